The number of aliphatic hydroxyl groups excluding tert-OH is 1. The molecule has 1 aliphatic rings. The van der Waals surface area contributed by atoms with Gasteiger partial charge in [0.15, 0.2) is 0 Å². The fraction of sp³-hybridized carbons (Fsp3) is 0.353. The molecule has 2 aromatic rings. The predicted octanol–water partition coefficient (Wildman–Crippen LogP) is 2.64. The number of nitrogens with zero attached hydrogens (tertiary/aromatic N) is 2. The van der Waals surface area contributed by atoms with Gasteiger partial charge in [0.1, 0.15) is 0 Å². The largest absolute Gasteiger partial charge is 0.396 e. The Morgan fingerprint density at radius 2 is 1.90 bits per heavy atom. The highest BCUT2D eigenvalue weighted by Crippen LogP contribution is 2.37. The van der Waals surface area contributed by atoms with E-state index in [1.54, 1.807) is 0 Å². The second-order valence-corrected chi connectivity index (χ2v) is 5.38. The van der Waals surface area contributed by atoms with Gasteiger partial charge in [-0.25, -0.2) is 0 Å². The van der Waals surface area contributed by atoms with Crippen molar-refractivity contribution < 1.29 is 5.11 Å². The van der Waals surface area contributed by atoms with Crippen LogP contribution in [0.1, 0.15) is 23.7 Å². The Hall–Kier alpha value is -1.71. The van der Waals surface area contributed by atoms with Gasteiger partial charge in [-0.05, 0) is 30.7 Å². The van der Waals surface area contributed by atoms with Crippen LogP contribution in [0.4, 0.5) is 0 Å². The van der Waals surface area contributed by atoms with Gasteiger partial charge in [0.2, 0.25) is 0 Å². The third kappa shape index (κ3) is 2.74. The van der Waals surface area contributed by atoms with Gasteiger partial charge in [-0.3, -0.25) is 9.88 Å². The maximum atomic E-state index is 9.64. The minimum atomic E-state index is 0.248. The Bertz CT molecular complexity index is 529. The van der Waals surface area contributed by atoms with E-state index >= 15 is 0 Å². The quantitative estimate of drug-likeness (QED) is 0.926. The maximum absolute atomic E-state index is 9.64. The van der Waals surface area contributed by atoms with Gasteiger partial charge in [-0.15, -0.1) is 0 Å². The molecule has 20 heavy (non-hydrogen) atoms. The smallest absolute Gasteiger partial charge is 0.0544 e. The Kier molecular flexibility index (Phi) is 4.09. The first kappa shape index (κ1) is 13.3. The van der Waals surface area contributed by atoms with Crippen molar-refractivity contribution in [3.63, 3.8) is 0 Å². The number of rotatable bonds is 4. The van der Waals surface area contributed by atoms with E-state index in [0.29, 0.717) is 12.0 Å². The summed E-state index contributed by atoms with van der Waals surface area (Å²) in [6.07, 6.45) is 2.88. The van der Waals surface area contributed by atoms with E-state index in [1.165, 1.54) is 5.56 Å². The van der Waals surface area contributed by atoms with E-state index in [-0.39, 0.29) is 6.61 Å². The molecule has 3 nitrogen and oxygen atoms in total. The summed E-state index contributed by atoms with van der Waals surface area (Å²) in [6, 6.07) is 16.8. The average molecular weight is 268 g/mol. The third-order valence-corrected chi connectivity index (χ3v) is 4.09. The highest BCUT2D eigenvalue weighted by atomic mass is 16.3. The molecule has 1 saturated heterocycles. The molecule has 1 aliphatic heterocycles. The summed E-state index contributed by atoms with van der Waals surface area (Å²) in [4.78, 5) is 6.85. The number of likely N-dealkylation sites (tertiary alicyclic amines) is 1. The lowest BCUT2D eigenvalue weighted by Gasteiger charge is -2.27. The summed E-state index contributed by atoms with van der Waals surface area (Å²) in [5, 5.41) is 9.64. The van der Waals surface area contributed by atoms with Crippen molar-refractivity contribution in [2.75, 3.05) is 13.2 Å². The Labute approximate surface area is 119 Å². The second-order valence-electron chi connectivity index (χ2n) is 5.38. The topological polar surface area (TPSA) is 36.4 Å². The van der Waals surface area contributed by atoms with Crippen LogP contribution in [0.25, 0.3) is 0 Å². The van der Waals surface area contributed by atoms with Gasteiger partial charge in [0, 0.05) is 31.3 Å². The van der Waals surface area contributed by atoms with E-state index < -0.39 is 0 Å². The third-order valence-electron chi connectivity index (χ3n) is 4.09. The number of benzene rings is 1. The minimum absolute atomic E-state index is 0.248. The highest BCUT2D eigenvalue weighted by Gasteiger charge is 2.34. The van der Waals surface area contributed by atoms with Gasteiger partial charge in [0.05, 0.1) is 5.69 Å². The highest BCUT2D eigenvalue weighted by molar-refractivity contribution is 5.21. The van der Waals surface area contributed by atoms with Crippen molar-refractivity contribution in [3.8, 4) is 0 Å². The lowest BCUT2D eigenvalue weighted by atomic mass is 9.94. The van der Waals surface area contributed by atoms with Crippen LogP contribution in [0.3, 0.4) is 0 Å². The molecule has 3 heteroatoms. The molecule has 1 fully saturated rings. The van der Waals surface area contributed by atoms with Crippen LogP contribution in [0.15, 0.2) is 54.7 Å². The van der Waals surface area contributed by atoms with Gasteiger partial charge in [0.25, 0.3) is 0 Å². The molecule has 1 aromatic heterocycles. The Morgan fingerprint density at radius 1 is 1.10 bits per heavy atom. The van der Waals surface area contributed by atoms with Crippen LogP contribution < -0.4 is 0 Å². The normalized spacial score (nSPS) is 23.1. The molecule has 1 N–H and O–H groups in total. The van der Waals surface area contributed by atoms with Gasteiger partial charge >= 0.3 is 0 Å². The zero-order valence-corrected chi connectivity index (χ0v) is 11.5. The van der Waals surface area contributed by atoms with Crippen molar-refractivity contribution >= 4 is 0 Å². The van der Waals surface area contributed by atoms with Gasteiger partial charge in [-0.2, -0.15) is 0 Å². The van der Waals surface area contributed by atoms with Crippen LogP contribution >= 0.6 is 0 Å². The first-order chi connectivity index (χ1) is 9.88. The lowest BCUT2D eigenvalue weighted by molar-refractivity contribution is 0.161. The first-order valence-corrected chi connectivity index (χ1v) is 7.18. The SMILES string of the molecule is OCC1CCN(Cc2ccccn2)C1c1ccccc1. The average Bonchev–Trinajstić information content (AvgIpc) is 2.92. The molecule has 3 rings (SSSR count). The van der Waals surface area contributed by atoms with Crippen LogP contribution in [0.5, 0.6) is 0 Å². The molecule has 0 amide bonds. The molecular weight excluding hydrogens is 248 g/mol. The fourth-order valence-electron chi connectivity index (χ4n) is 3.13. The molecule has 2 heterocycles. The summed E-state index contributed by atoms with van der Waals surface area (Å²) in [5.41, 5.74) is 2.38. The molecule has 0 spiro atoms. The van der Waals surface area contributed by atoms with Crippen molar-refractivity contribution in [2.45, 2.75) is 19.0 Å². The van der Waals surface area contributed by atoms with Crippen molar-refractivity contribution in [1.82, 2.24) is 9.88 Å². The van der Waals surface area contributed by atoms with E-state index in [0.717, 1.165) is 25.2 Å². The lowest BCUT2D eigenvalue weighted by Crippen LogP contribution is -2.26. The Morgan fingerprint density at radius 3 is 2.60 bits per heavy atom. The molecule has 0 saturated carbocycles. The van der Waals surface area contributed by atoms with Gasteiger partial charge < -0.3 is 5.11 Å². The van der Waals surface area contributed by atoms with E-state index in [2.05, 4.69) is 40.2 Å². The number of hydrogen-bond acceptors (Lipinski definition) is 3. The van der Waals surface area contributed by atoms with Crippen LogP contribution in [-0.4, -0.2) is 28.1 Å². The van der Waals surface area contributed by atoms with Crippen LogP contribution in [-0.2, 0) is 6.54 Å². The number of aromatic nitrogens is 1. The Balaban J connectivity index is 1.83. The standard InChI is InChI=1S/C17H20N2O/c20-13-15-9-11-19(12-16-8-4-5-10-18-16)17(15)14-6-2-1-3-7-14/h1-8,10,15,17,20H,9,11-13H2. The number of hydrogen-bond donors (Lipinski definition) is 1. The summed E-state index contributed by atoms with van der Waals surface area (Å²) in [6.45, 7) is 2.11. The van der Waals surface area contributed by atoms with E-state index in [1.807, 2.05) is 24.4 Å². The molecule has 0 aliphatic carbocycles. The molecule has 2 unspecified atom stereocenters. The van der Waals surface area contributed by atoms with Crippen LogP contribution in [0, 0.1) is 5.92 Å². The molecule has 0 bridgehead atoms. The molecule has 2 atom stereocenters. The summed E-state index contributed by atoms with van der Waals surface area (Å²) in [7, 11) is 0. The molecule has 0 radical (unpaired) electrons. The number of aliphatic hydroxyl groups is 1. The summed E-state index contributed by atoms with van der Waals surface area (Å²) in [5.74, 6) is 0.320. The zero-order chi connectivity index (χ0) is 13.8. The van der Waals surface area contributed by atoms with E-state index in [9.17, 15) is 5.11 Å². The van der Waals surface area contributed by atoms with Gasteiger partial charge in [-0.1, -0.05) is 36.4 Å². The van der Waals surface area contributed by atoms with Crippen molar-refractivity contribution in [1.29, 1.82) is 0 Å². The van der Waals surface area contributed by atoms with E-state index in [4.69, 9.17) is 0 Å². The van der Waals surface area contributed by atoms with Crippen molar-refractivity contribution in [3.05, 3.63) is 66.0 Å². The summed E-state index contributed by atoms with van der Waals surface area (Å²) < 4.78 is 0. The molecule has 104 valence electrons. The molecule has 1 aromatic carbocycles. The first-order valence-electron chi connectivity index (χ1n) is 7.18. The van der Waals surface area contributed by atoms with Crippen LogP contribution in [0.2, 0.25) is 0 Å². The minimum Gasteiger partial charge on any atom is -0.396 e. The predicted molar refractivity (Wildman–Crippen MR) is 79.0 cm³/mol. The zero-order valence-electron chi connectivity index (χ0n) is 11.5. The molecular formula is C17H20N2O. The summed E-state index contributed by atoms with van der Waals surface area (Å²) >= 11 is 0. The monoisotopic (exact) mass is 268 g/mol. The maximum Gasteiger partial charge on any atom is 0.0544 e. The second kappa shape index (κ2) is 6.16. The fourth-order valence-corrected chi connectivity index (χ4v) is 3.13. The number of pyridine rings is 1. The van der Waals surface area contributed by atoms with Crippen molar-refractivity contribution in [2.24, 2.45) is 5.92 Å².